The SMILES string of the molecule is CCNC(=O)CCN1CCN(C)CC1.O=C(O)C(=O)O. The molecule has 8 nitrogen and oxygen atoms in total. The molecule has 1 aliphatic heterocycles. The first-order valence-corrected chi connectivity index (χ1v) is 6.50. The molecular formula is C12H23N3O5. The molecule has 1 aliphatic rings. The van der Waals surface area contributed by atoms with Crippen molar-refractivity contribution in [2.24, 2.45) is 0 Å². The van der Waals surface area contributed by atoms with Gasteiger partial charge in [0, 0.05) is 45.7 Å². The maximum atomic E-state index is 11.2. The minimum Gasteiger partial charge on any atom is -0.473 e. The van der Waals surface area contributed by atoms with Gasteiger partial charge < -0.3 is 25.3 Å². The summed E-state index contributed by atoms with van der Waals surface area (Å²) in [6, 6.07) is 0. The van der Waals surface area contributed by atoms with Gasteiger partial charge in [-0.05, 0) is 14.0 Å². The maximum Gasteiger partial charge on any atom is 0.414 e. The fourth-order valence-electron chi connectivity index (χ4n) is 1.62. The molecule has 1 heterocycles. The summed E-state index contributed by atoms with van der Waals surface area (Å²) in [6.45, 7) is 8.02. The van der Waals surface area contributed by atoms with Crippen molar-refractivity contribution >= 4 is 17.8 Å². The highest BCUT2D eigenvalue weighted by molar-refractivity contribution is 6.27. The molecule has 0 atom stereocenters. The Labute approximate surface area is 118 Å². The first-order chi connectivity index (χ1) is 9.36. The Kier molecular flexibility index (Phi) is 9.31. The van der Waals surface area contributed by atoms with Crippen LogP contribution in [0.5, 0.6) is 0 Å². The molecule has 3 N–H and O–H groups in total. The molecule has 1 amide bonds. The third-order valence-corrected chi connectivity index (χ3v) is 2.81. The van der Waals surface area contributed by atoms with Crippen molar-refractivity contribution in [2.75, 3.05) is 46.3 Å². The summed E-state index contributed by atoms with van der Waals surface area (Å²) in [5.74, 6) is -3.48. The number of carbonyl (C=O) groups excluding carboxylic acids is 1. The Bertz CT molecular complexity index is 315. The number of nitrogens with one attached hydrogen (secondary N) is 1. The van der Waals surface area contributed by atoms with Crippen molar-refractivity contribution in [1.29, 1.82) is 0 Å². The number of piperazine rings is 1. The standard InChI is InChI=1S/C10H21N3O.C2H2O4/c1-3-11-10(14)4-5-13-8-6-12(2)7-9-13;3-1(4)2(5)6/h3-9H2,1-2H3,(H,11,14);(H,3,4)(H,5,6). The number of nitrogens with zero attached hydrogens (tertiary/aromatic N) is 2. The lowest BCUT2D eigenvalue weighted by Crippen LogP contribution is -2.45. The highest BCUT2D eigenvalue weighted by atomic mass is 16.4. The van der Waals surface area contributed by atoms with Gasteiger partial charge in [-0.2, -0.15) is 0 Å². The number of carboxylic acid groups (broad SMARTS) is 2. The summed E-state index contributed by atoms with van der Waals surface area (Å²) >= 11 is 0. The number of aliphatic carboxylic acids is 2. The number of hydrogen-bond acceptors (Lipinski definition) is 5. The summed E-state index contributed by atoms with van der Waals surface area (Å²) < 4.78 is 0. The Balaban J connectivity index is 0.000000511. The summed E-state index contributed by atoms with van der Waals surface area (Å²) in [5, 5.41) is 17.6. The normalized spacial score (nSPS) is 15.9. The summed E-state index contributed by atoms with van der Waals surface area (Å²) in [7, 11) is 2.14. The van der Waals surface area contributed by atoms with Crippen LogP contribution in [0.1, 0.15) is 13.3 Å². The second-order valence-electron chi connectivity index (χ2n) is 4.46. The van der Waals surface area contributed by atoms with Crippen LogP contribution >= 0.6 is 0 Å². The van der Waals surface area contributed by atoms with Crippen LogP contribution in [0.4, 0.5) is 0 Å². The van der Waals surface area contributed by atoms with Crippen LogP contribution in [0.25, 0.3) is 0 Å². The quantitative estimate of drug-likeness (QED) is 0.564. The van der Waals surface area contributed by atoms with Gasteiger partial charge in [-0.25, -0.2) is 9.59 Å². The molecule has 0 spiro atoms. The molecule has 0 aromatic carbocycles. The van der Waals surface area contributed by atoms with Crippen LogP contribution in [-0.4, -0.2) is 84.2 Å². The first kappa shape index (κ1) is 18.3. The minimum atomic E-state index is -1.82. The van der Waals surface area contributed by atoms with E-state index in [1.807, 2.05) is 6.92 Å². The van der Waals surface area contributed by atoms with Gasteiger partial charge in [0.05, 0.1) is 0 Å². The fraction of sp³-hybridized carbons (Fsp3) is 0.750. The van der Waals surface area contributed by atoms with Gasteiger partial charge in [-0.1, -0.05) is 0 Å². The zero-order valence-corrected chi connectivity index (χ0v) is 12.0. The third kappa shape index (κ3) is 9.29. The van der Waals surface area contributed by atoms with Crippen LogP contribution in [0, 0.1) is 0 Å². The average Bonchev–Trinajstić information content (AvgIpc) is 2.39. The van der Waals surface area contributed by atoms with Gasteiger partial charge in [-0.3, -0.25) is 4.79 Å². The van der Waals surface area contributed by atoms with Crippen molar-refractivity contribution in [1.82, 2.24) is 15.1 Å². The summed E-state index contributed by atoms with van der Waals surface area (Å²) in [6.07, 6.45) is 0.636. The predicted octanol–water partition coefficient (Wildman–Crippen LogP) is -1.08. The van der Waals surface area contributed by atoms with Crippen LogP contribution in [0.3, 0.4) is 0 Å². The van der Waals surface area contributed by atoms with E-state index in [0.29, 0.717) is 6.42 Å². The lowest BCUT2D eigenvalue weighted by atomic mass is 10.3. The van der Waals surface area contributed by atoms with Gasteiger partial charge in [0.2, 0.25) is 5.91 Å². The van der Waals surface area contributed by atoms with E-state index in [0.717, 1.165) is 39.3 Å². The zero-order chi connectivity index (χ0) is 15.5. The number of amides is 1. The molecule has 1 rings (SSSR count). The van der Waals surface area contributed by atoms with E-state index in [-0.39, 0.29) is 5.91 Å². The van der Waals surface area contributed by atoms with Crippen LogP contribution in [0.15, 0.2) is 0 Å². The van der Waals surface area contributed by atoms with Gasteiger partial charge in [0.25, 0.3) is 0 Å². The van der Waals surface area contributed by atoms with Gasteiger partial charge in [-0.15, -0.1) is 0 Å². The first-order valence-electron chi connectivity index (χ1n) is 6.50. The topological polar surface area (TPSA) is 110 Å². The van der Waals surface area contributed by atoms with Crippen molar-refractivity contribution in [3.05, 3.63) is 0 Å². The maximum absolute atomic E-state index is 11.2. The van der Waals surface area contributed by atoms with Crippen molar-refractivity contribution in [3.63, 3.8) is 0 Å². The molecule has 0 aromatic rings. The van der Waals surface area contributed by atoms with E-state index < -0.39 is 11.9 Å². The number of carboxylic acids is 2. The Hall–Kier alpha value is -1.67. The lowest BCUT2D eigenvalue weighted by molar-refractivity contribution is -0.159. The molecule has 8 heteroatoms. The Morgan fingerprint density at radius 3 is 1.95 bits per heavy atom. The van der Waals surface area contributed by atoms with E-state index >= 15 is 0 Å². The molecule has 1 fully saturated rings. The molecule has 0 radical (unpaired) electrons. The predicted molar refractivity (Wildman–Crippen MR) is 72.5 cm³/mol. The zero-order valence-electron chi connectivity index (χ0n) is 12.0. The molecular weight excluding hydrogens is 266 g/mol. The van der Waals surface area contributed by atoms with E-state index in [1.165, 1.54) is 0 Å². The molecule has 1 saturated heterocycles. The Morgan fingerprint density at radius 2 is 1.55 bits per heavy atom. The monoisotopic (exact) mass is 289 g/mol. The number of rotatable bonds is 4. The van der Waals surface area contributed by atoms with Gasteiger partial charge in [0.1, 0.15) is 0 Å². The highest BCUT2D eigenvalue weighted by Crippen LogP contribution is 1.99. The number of carbonyl (C=O) groups is 3. The van der Waals surface area contributed by atoms with E-state index in [2.05, 4.69) is 22.2 Å². The number of hydrogen-bond donors (Lipinski definition) is 3. The largest absolute Gasteiger partial charge is 0.473 e. The van der Waals surface area contributed by atoms with Crippen LogP contribution in [-0.2, 0) is 14.4 Å². The van der Waals surface area contributed by atoms with Gasteiger partial charge >= 0.3 is 11.9 Å². The molecule has 0 saturated carbocycles. The van der Waals surface area contributed by atoms with E-state index in [4.69, 9.17) is 19.8 Å². The van der Waals surface area contributed by atoms with Crippen LogP contribution in [0.2, 0.25) is 0 Å². The van der Waals surface area contributed by atoms with Crippen LogP contribution < -0.4 is 5.32 Å². The Morgan fingerprint density at radius 1 is 1.05 bits per heavy atom. The fourth-order valence-corrected chi connectivity index (χ4v) is 1.62. The van der Waals surface area contributed by atoms with Crippen molar-refractivity contribution in [3.8, 4) is 0 Å². The number of likely N-dealkylation sites (N-methyl/N-ethyl adjacent to an activating group) is 1. The molecule has 0 bridgehead atoms. The lowest BCUT2D eigenvalue weighted by Gasteiger charge is -2.32. The molecule has 20 heavy (non-hydrogen) atoms. The van der Waals surface area contributed by atoms with E-state index in [1.54, 1.807) is 0 Å². The molecule has 116 valence electrons. The summed E-state index contributed by atoms with van der Waals surface area (Å²) in [5.41, 5.74) is 0. The molecule has 0 aromatic heterocycles. The van der Waals surface area contributed by atoms with E-state index in [9.17, 15) is 4.79 Å². The smallest absolute Gasteiger partial charge is 0.414 e. The second-order valence-corrected chi connectivity index (χ2v) is 4.46. The van der Waals surface area contributed by atoms with Gasteiger partial charge in [0.15, 0.2) is 0 Å². The van der Waals surface area contributed by atoms with Crippen molar-refractivity contribution < 1.29 is 24.6 Å². The third-order valence-electron chi connectivity index (χ3n) is 2.81. The minimum absolute atomic E-state index is 0.173. The second kappa shape index (κ2) is 10.2. The highest BCUT2D eigenvalue weighted by Gasteiger charge is 2.14. The average molecular weight is 289 g/mol. The summed E-state index contributed by atoms with van der Waals surface area (Å²) in [4.78, 5) is 34.1. The molecule has 0 aliphatic carbocycles. The molecule has 0 unspecified atom stereocenters. The van der Waals surface area contributed by atoms with Crippen molar-refractivity contribution in [2.45, 2.75) is 13.3 Å².